The van der Waals surface area contributed by atoms with Gasteiger partial charge in [0.1, 0.15) is 0 Å². The summed E-state index contributed by atoms with van der Waals surface area (Å²) in [4.78, 5) is 0. The first-order chi connectivity index (χ1) is 5.16. The van der Waals surface area contributed by atoms with Crippen molar-refractivity contribution in [2.45, 2.75) is 39.2 Å². The smallest absolute Gasteiger partial charge is 0.00130 e. The molecule has 1 nitrogen and oxygen atoms in total. The van der Waals surface area contributed by atoms with Crippen LogP contribution in [0.4, 0.5) is 0 Å². The molecule has 0 aliphatic heterocycles. The molecule has 0 spiro atoms. The number of hydrogen-bond donors (Lipinski definition) is 1. The Bertz CT molecular complexity index is 83.6. The topological polar surface area (TPSA) is 26.0 Å². The second kappa shape index (κ2) is 6.99. The van der Waals surface area contributed by atoms with Crippen molar-refractivity contribution < 1.29 is 0 Å². The fraction of sp³-hybridized carbons (Fsp3) is 1.00. The second-order valence-corrected chi connectivity index (χ2v) is 4.44. The summed E-state index contributed by atoms with van der Waals surface area (Å²) < 4.78 is 0. The third kappa shape index (κ3) is 8.21. The first kappa shape index (κ1) is 11.3. The first-order valence-electron chi connectivity index (χ1n) is 4.41. The van der Waals surface area contributed by atoms with Gasteiger partial charge in [0.15, 0.2) is 0 Å². The van der Waals surface area contributed by atoms with Crippen molar-refractivity contribution in [3.63, 3.8) is 0 Å². The summed E-state index contributed by atoms with van der Waals surface area (Å²) >= 11 is 1.93. The predicted octanol–water partition coefficient (Wildman–Crippen LogP) is 2.50. The lowest BCUT2D eigenvalue weighted by Gasteiger charge is -2.12. The molecule has 2 heteroatoms. The molecule has 2 unspecified atom stereocenters. The van der Waals surface area contributed by atoms with Gasteiger partial charge in [-0.25, -0.2) is 0 Å². The Morgan fingerprint density at radius 2 is 2.00 bits per heavy atom. The van der Waals surface area contributed by atoms with Gasteiger partial charge >= 0.3 is 0 Å². The highest BCUT2D eigenvalue weighted by atomic mass is 32.2. The molecule has 0 amide bonds. The van der Waals surface area contributed by atoms with Crippen molar-refractivity contribution in [1.29, 1.82) is 0 Å². The maximum atomic E-state index is 5.69. The average molecular weight is 175 g/mol. The monoisotopic (exact) mass is 175 g/mol. The molecular weight excluding hydrogens is 154 g/mol. The molecule has 0 aromatic carbocycles. The van der Waals surface area contributed by atoms with Gasteiger partial charge in [-0.15, -0.1) is 0 Å². The molecule has 0 bridgehead atoms. The molecular formula is C9H21NS. The highest BCUT2D eigenvalue weighted by Gasteiger charge is 2.03. The van der Waals surface area contributed by atoms with Gasteiger partial charge in [-0.2, -0.15) is 11.8 Å². The van der Waals surface area contributed by atoms with E-state index in [1.165, 1.54) is 25.0 Å². The van der Waals surface area contributed by atoms with E-state index in [0.29, 0.717) is 6.04 Å². The first-order valence-corrected chi connectivity index (χ1v) is 5.80. The minimum absolute atomic E-state index is 0.374. The van der Waals surface area contributed by atoms with Gasteiger partial charge in [0, 0.05) is 6.04 Å². The minimum atomic E-state index is 0.374. The number of thioether (sulfide) groups is 1. The van der Waals surface area contributed by atoms with Crippen molar-refractivity contribution in [3.05, 3.63) is 0 Å². The summed E-state index contributed by atoms with van der Waals surface area (Å²) in [6.07, 6.45) is 6.02. The Hall–Kier alpha value is 0.310. The Balaban J connectivity index is 3.15. The maximum absolute atomic E-state index is 5.69. The molecule has 2 atom stereocenters. The van der Waals surface area contributed by atoms with Crippen molar-refractivity contribution in [3.8, 4) is 0 Å². The Morgan fingerprint density at radius 1 is 1.36 bits per heavy atom. The Kier molecular flexibility index (Phi) is 7.18. The molecule has 0 aliphatic carbocycles. The molecule has 0 radical (unpaired) electrons. The third-order valence-electron chi connectivity index (χ3n) is 1.82. The summed E-state index contributed by atoms with van der Waals surface area (Å²) in [6.45, 7) is 4.38. The van der Waals surface area contributed by atoms with E-state index in [2.05, 4.69) is 20.1 Å². The van der Waals surface area contributed by atoms with E-state index in [1.54, 1.807) is 0 Å². The summed E-state index contributed by atoms with van der Waals surface area (Å²) in [5, 5.41) is 0. The summed E-state index contributed by atoms with van der Waals surface area (Å²) in [6, 6.07) is 0.374. The molecule has 0 aliphatic rings. The van der Waals surface area contributed by atoms with E-state index in [4.69, 9.17) is 5.73 Å². The predicted molar refractivity (Wildman–Crippen MR) is 55.0 cm³/mol. The second-order valence-electron chi connectivity index (χ2n) is 3.45. The van der Waals surface area contributed by atoms with Gasteiger partial charge in [0.2, 0.25) is 0 Å². The van der Waals surface area contributed by atoms with Crippen LogP contribution in [0.2, 0.25) is 0 Å². The zero-order valence-corrected chi connectivity index (χ0v) is 8.79. The quantitative estimate of drug-likeness (QED) is 0.628. The van der Waals surface area contributed by atoms with Gasteiger partial charge in [-0.3, -0.25) is 0 Å². The van der Waals surface area contributed by atoms with Crippen molar-refractivity contribution >= 4 is 11.8 Å². The average Bonchev–Trinajstić information content (AvgIpc) is 1.86. The van der Waals surface area contributed by atoms with Crippen LogP contribution in [-0.2, 0) is 0 Å². The standard InChI is InChI=1S/C9H21NS/c1-8(7-9(2)10)5-4-6-11-3/h8-9H,4-7,10H2,1-3H3. The molecule has 0 saturated heterocycles. The van der Waals surface area contributed by atoms with Gasteiger partial charge in [-0.05, 0) is 44.1 Å². The van der Waals surface area contributed by atoms with Gasteiger partial charge in [0.25, 0.3) is 0 Å². The van der Waals surface area contributed by atoms with Crippen molar-refractivity contribution in [2.24, 2.45) is 11.7 Å². The van der Waals surface area contributed by atoms with Crippen LogP contribution in [0.25, 0.3) is 0 Å². The van der Waals surface area contributed by atoms with E-state index in [1.807, 2.05) is 11.8 Å². The van der Waals surface area contributed by atoms with Crippen LogP contribution in [-0.4, -0.2) is 18.1 Å². The third-order valence-corrected chi connectivity index (χ3v) is 2.52. The molecule has 2 N–H and O–H groups in total. The maximum Gasteiger partial charge on any atom is 0.00130 e. The van der Waals surface area contributed by atoms with Crippen LogP contribution >= 0.6 is 11.8 Å². The molecule has 11 heavy (non-hydrogen) atoms. The van der Waals surface area contributed by atoms with Gasteiger partial charge in [-0.1, -0.05) is 6.92 Å². The normalized spacial score (nSPS) is 16.4. The van der Waals surface area contributed by atoms with E-state index < -0.39 is 0 Å². The molecule has 0 rings (SSSR count). The van der Waals surface area contributed by atoms with Crippen LogP contribution in [0.5, 0.6) is 0 Å². The molecule has 0 heterocycles. The van der Waals surface area contributed by atoms with Gasteiger partial charge in [0.05, 0.1) is 0 Å². The minimum Gasteiger partial charge on any atom is -0.328 e. The largest absolute Gasteiger partial charge is 0.328 e. The highest BCUT2D eigenvalue weighted by molar-refractivity contribution is 7.98. The molecule has 68 valence electrons. The van der Waals surface area contributed by atoms with Gasteiger partial charge < -0.3 is 5.73 Å². The zero-order chi connectivity index (χ0) is 8.69. The fourth-order valence-electron chi connectivity index (χ4n) is 1.33. The summed E-state index contributed by atoms with van der Waals surface area (Å²) in [5.74, 6) is 2.10. The lowest BCUT2D eigenvalue weighted by atomic mass is 9.99. The Labute approximate surface area is 75.1 Å². The van der Waals surface area contributed by atoms with E-state index in [-0.39, 0.29) is 0 Å². The van der Waals surface area contributed by atoms with Crippen LogP contribution in [0, 0.1) is 5.92 Å². The lowest BCUT2D eigenvalue weighted by Crippen LogP contribution is -2.18. The zero-order valence-electron chi connectivity index (χ0n) is 7.97. The number of rotatable bonds is 6. The van der Waals surface area contributed by atoms with Crippen LogP contribution < -0.4 is 5.73 Å². The van der Waals surface area contributed by atoms with E-state index >= 15 is 0 Å². The summed E-state index contributed by atoms with van der Waals surface area (Å²) in [5.41, 5.74) is 5.69. The molecule has 0 fully saturated rings. The van der Waals surface area contributed by atoms with E-state index in [9.17, 15) is 0 Å². The fourth-order valence-corrected chi connectivity index (χ4v) is 1.78. The molecule has 0 aromatic heterocycles. The van der Waals surface area contributed by atoms with Crippen LogP contribution in [0.1, 0.15) is 33.1 Å². The van der Waals surface area contributed by atoms with E-state index in [0.717, 1.165) is 5.92 Å². The molecule has 0 saturated carbocycles. The summed E-state index contributed by atoms with van der Waals surface area (Å²) in [7, 11) is 0. The Morgan fingerprint density at radius 3 is 2.45 bits per heavy atom. The number of nitrogens with two attached hydrogens (primary N) is 1. The van der Waals surface area contributed by atoms with Crippen molar-refractivity contribution in [1.82, 2.24) is 0 Å². The number of hydrogen-bond acceptors (Lipinski definition) is 2. The highest BCUT2D eigenvalue weighted by Crippen LogP contribution is 2.13. The lowest BCUT2D eigenvalue weighted by molar-refractivity contribution is 0.449. The molecule has 0 aromatic rings. The SMILES string of the molecule is CSCCCC(C)CC(C)N. The van der Waals surface area contributed by atoms with Crippen LogP contribution in [0.15, 0.2) is 0 Å². The van der Waals surface area contributed by atoms with Crippen molar-refractivity contribution in [2.75, 3.05) is 12.0 Å². The van der Waals surface area contributed by atoms with Crippen LogP contribution in [0.3, 0.4) is 0 Å².